The van der Waals surface area contributed by atoms with E-state index in [2.05, 4.69) is 10.9 Å². The van der Waals surface area contributed by atoms with Crippen molar-refractivity contribution in [3.63, 3.8) is 0 Å². The summed E-state index contributed by atoms with van der Waals surface area (Å²) in [5, 5.41) is 39.0. The van der Waals surface area contributed by atoms with Crippen molar-refractivity contribution in [1.29, 1.82) is 0 Å². The zero-order valence-corrected chi connectivity index (χ0v) is 19.6. The minimum atomic E-state index is -1.40. The molecule has 0 spiro atoms. The summed E-state index contributed by atoms with van der Waals surface area (Å²) in [5.74, 6) is -8.22. The Morgan fingerprint density at radius 2 is 1.06 bits per heavy atom. The van der Waals surface area contributed by atoms with Crippen LogP contribution in [0.2, 0.25) is 0 Å². The highest BCUT2D eigenvalue weighted by molar-refractivity contribution is 5.83. The summed E-state index contributed by atoms with van der Waals surface area (Å²) in [6.07, 6.45) is 1.25. The van der Waals surface area contributed by atoms with Crippen LogP contribution >= 0.6 is 0 Å². The molecule has 4 atom stereocenters. The molecule has 0 radical (unpaired) electrons. The monoisotopic (exact) mass is 498 g/mol. The highest BCUT2D eigenvalue weighted by Crippen LogP contribution is 2.26. The molecule has 0 fully saturated rings. The van der Waals surface area contributed by atoms with Crippen LogP contribution < -0.4 is 10.9 Å². The number of hydrogen-bond donors (Lipinski definition) is 6. The molecular formula is C26H30N2O8. The molecule has 1 aliphatic rings. The number of carbonyl (C=O) groups is 4. The highest BCUT2D eigenvalue weighted by Gasteiger charge is 2.34. The first-order valence-electron chi connectivity index (χ1n) is 11.7. The van der Waals surface area contributed by atoms with Crippen molar-refractivity contribution in [2.45, 2.75) is 44.6 Å². The number of hydrogen-bond acceptors (Lipinski definition) is 6. The molecule has 1 heterocycles. The zero-order valence-electron chi connectivity index (χ0n) is 19.6. The number of benzene rings is 2. The van der Waals surface area contributed by atoms with E-state index in [9.17, 15) is 39.6 Å². The number of rotatable bonds is 4. The second kappa shape index (κ2) is 12.2. The van der Waals surface area contributed by atoms with Gasteiger partial charge in [-0.1, -0.05) is 36.4 Å². The van der Waals surface area contributed by atoms with Crippen molar-refractivity contribution >= 4 is 29.6 Å². The standard InChI is InChI=1S/C26H30N2O8/c29-23(30)19-10-7-15-3-1-4-16(13-15)9-12-21(25(33)34)22(26(35)36)28-27-18-6-2-5-17(14-18)8-11-20(19)24(31)32/h1-6,13-14,19-22,27-28H,7-12H2,(H,29,30)(H,31,32)(H,33,34)(H,35,36). The largest absolute Gasteiger partial charge is 0.481 e. The van der Waals surface area contributed by atoms with Gasteiger partial charge >= 0.3 is 23.9 Å². The van der Waals surface area contributed by atoms with Crippen molar-refractivity contribution in [1.82, 2.24) is 5.43 Å². The van der Waals surface area contributed by atoms with Gasteiger partial charge in [0.15, 0.2) is 0 Å². The lowest BCUT2D eigenvalue weighted by atomic mass is 9.83. The van der Waals surface area contributed by atoms with Gasteiger partial charge in [-0.3, -0.25) is 19.2 Å². The number of nitrogens with one attached hydrogen (secondary N) is 2. The Bertz CT molecular complexity index is 953. The van der Waals surface area contributed by atoms with Gasteiger partial charge in [-0.2, -0.15) is 0 Å². The minimum absolute atomic E-state index is 0.0588. The summed E-state index contributed by atoms with van der Waals surface area (Å²) in [6, 6.07) is 12.6. The minimum Gasteiger partial charge on any atom is -0.481 e. The quantitative estimate of drug-likeness (QED) is 0.368. The smallest absolute Gasteiger partial charge is 0.323 e. The van der Waals surface area contributed by atoms with Gasteiger partial charge in [0.25, 0.3) is 0 Å². The van der Waals surface area contributed by atoms with E-state index in [1.165, 1.54) is 0 Å². The Kier molecular flexibility index (Phi) is 9.02. The lowest BCUT2D eigenvalue weighted by molar-refractivity contribution is -0.154. The Balaban J connectivity index is 1.96. The van der Waals surface area contributed by atoms with Gasteiger partial charge in [-0.15, -0.1) is 0 Å². The number of aliphatic carboxylic acids is 4. The number of aryl methyl sites for hydroxylation is 3. The van der Waals surface area contributed by atoms with Gasteiger partial charge in [-0.05, 0) is 67.3 Å². The van der Waals surface area contributed by atoms with Crippen molar-refractivity contribution in [3.8, 4) is 0 Å². The van der Waals surface area contributed by atoms with Crippen LogP contribution in [0, 0.1) is 17.8 Å². The van der Waals surface area contributed by atoms with E-state index in [1.807, 2.05) is 12.1 Å². The summed E-state index contributed by atoms with van der Waals surface area (Å²) in [4.78, 5) is 47.8. The lowest BCUT2D eigenvalue weighted by Crippen LogP contribution is -2.48. The Labute approximate surface area is 207 Å². The molecule has 4 unspecified atom stereocenters. The molecule has 36 heavy (non-hydrogen) atoms. The van der Waals surface area contributed by atoms with Gasteiger partial charge < -0.3 is 25.9 Å². The van der Waals surface area contributed by atoms with Crippen LogP contribution in [0.5, 0.6) is 0 Å². The number of fused-ring (bicyclic) bond motifs is 4. The first-order valence-corrected chi connectivity index (χ1v) is 11.7. The summed E-state index contributed by atoms with van der Waals surface area (Å²) in [7, 11) is 0. The van der Waals surface area contributed by atoms with Gasteiger partial charge in [0.1, 0.15) is 6.04 Å². The van der Waals surface area contributed by atoms with Crippen LogP contribution in [0.15, 0.2) is 48.5 Å². The number of carboxylic acids is 4. The van der Waals surface area contributed by atoms with E-state index >= 15 is 0 Å². The molecule has 3 rings (SSSR count). The molecule has 1 aliphatic heterocycles. The molecule has 0 saturated carbocycles. The number of hydrazine groups is 1. The Morgan fingerprint density at radius 3 is 1.53 bits per heavy atom. The van der Waals surface area contributed by atoms with Gasteiger partial charge in [0.2, 0.25) is 0 Å². The molecule has 192 valence electrons. The van der Waals surface area contributed by atoms with Crippen molar-refractivity contribution in [2.24, 2.45) is 17.8 Å². The van der Waals surface area contributed by atoms with Crippen LogP contribution in [0.4, 0.5) is 5.69 Å². The number of anilines is 1. The average Bonchev–Trinajstić information content (AvgIpc) is 2.82. The molecule has 10 nitrogen and oxygen atoms in total. The molecule has 0 aromatic heterocycles. The molecule has 2 aromatic rings. The van der Waals surface area contributed by atoms with Gasteiger partial charge in [0.05, 0.1) is 17.8 Å². The molecule has 2 aromatic carbocycles. The van der Waals surface area contributed by atoms with Crippen LogP contribution in [0.3, 0.4) is 0 Å². The molecule has 4 bridgehead atoms. The molecule has 0 saturated heterocycles. The third kappa shape index (κ3) is 7.05. The van der Waals surface area contributed by atoms with E-state index in [-0.39, 0.29) is 19.3 Å². The first kappa shape index (κ1) is 26.7. The second-order valence-corrected chi connectivity index (χ2v) is 9.06. The molecule has 0 aliphatic carbocycles. The molecule has 10 heteroatoms. The fourth-order valence-corrected chi connectivity index (χ4v) is 4.63. The average molecular weight is 499 g/mol. The fourth-order valence-electron chi connectivity index (χ4n) is 4.63. The van der Waals surface area contributed by atoms with E-state index in [4.69, 9.17) is 0 Å². The molecule has 0 amide bonds. The second-order valence-electron chi connectivity index (χ2n) is 9.06. The fraction of sp³-hybridized carbons (Fsp3) is 0.385. The summed E-state index contributed by atoms with van der Waals surface area (Å²) < 4.78 is 0. The maximum Gasteiger partial charge on any atom is 0.323 e. The summed E-state index contributed by atoms with van der Waals surface area (Å²) in [6.45, 7) is 0. The van der Waals surface area contributed by atoms with E-state index in [1.54, 1.807) is 36.4 Å². The lowest BCUT2D eigenvalue weighted by Gasteiger charge is -2.23. The van der Waals surface area contributed by atoms with Crippen LogP contribution in [-0.4, -0.2) is 50.3 Å². The predicted molar refractivity (Wildman–Crippen MR) is 129 cm³/mol. The normalized spacial score (nSPS) is 23.3. The topological polar surface area (TPSA) is 173 Å². The van der Waals surface area contributed by atoms with Gasteiger partial charge in [0, 0.05) is 5.69 Å². The zero-order chi connectivity index (χ0) is 26.2. The maximum atomic E-state index is 12.0. The summed E-state index contributed by atoms with van der Waals surface area (Å²) >= 11 is 0. The van der Waals surface area contributed by atoms with Crippen molar-refractivity contribution in [3.05, 3.63) is 65.2 Å². The Morgan fingerprint density at radius 1 is 0.611 bits per heavy atom. The van der Waals surface area contributed by atoms with E-state index in [0.29, 0.717) is 24.9 Å². The van der Waals surface area contributed by atoms with E-state index < -0.39 is 47.7 Å². The predicted octanol–water partition coefficient (Wildman–Crippen LogP) is 2.67. The van der Waals surface area contributed by atoms with Crippen molar-refractivity contribution < 1.29 is 39.6 Å². The summed E-state index contributed by atoms with van der Waals surface area (Å²) in [5.41, 5.74) is 8.17. The molecule has 6 N–H and O–H groups in total. The molecular weight excluding hydrogens is 468 g/mol. The van der Waals surface area contributed by atoms with Gasteiger partial charge in [-0.25, -0.2) is 5.43 Å². The SMILES string of the molecule is O=C(O)C1CCc2cccc(c2)CCC(C(=O)O)C(C(=O)O)NNc2cccc(c2)CCC1C(=O)O. The number of carboxylic acid groups (broad SMARTS) is 4. The van der Waals surface area contributed by atoms with Crippen LogP contribution in [0.1, 0.15) is 36.0 Å². The highest BCUT2D eigenvalue weighted by atomic mass is 16.4. The van der Waals surface area contributed by atoms with Crippen LogP contribution in [-0.2, 0) is 38.4 Å². The Hall–Kier alpha value is -3.92. The maximum absolute atomic E-state index is 12.0. The van der Waals surface area contributed by atoms with Crippen LogP contribution in [0.25, 0.3) is 0 Å². The third-order valence-electron chi connectivity index (χ3n) is 6.63. The first-order chi connectivity index (χ1) is 17.2. The van der Waals surface area contributed by atoms with E-state index in [0.717, 1.165) is 16.7 Å². The van der Waals surface area contributed by atoms with Crippen molar-refractivity contribution in [2.75, 3.05) is 5.43 Å². The third-order valence-corrected chi connectivity index (χ3v) is 6.63.